The van der Waals surface area contributed by atoms with E-state index in [1.165, 1.54) is 77.7 Å². The fraction of sp³-hybridized carbons (Fsp3) is 0.924. The minimum Gasteiger partial charge on any atom is -0.388 e. The second kappa shape index (κ2) is 53.7. The maximum Gasteiger partial charge on any atom is 0.470 e. The Hall–Kier alpha value is -1.80. The summed E-state index contributed by atoms with van der Waals surface area (Å²) in [5.41, 5.74) is 0. The van der Waals surface area contributed by atoms with Crippen LogP contribution in [0.25, 0.3) is 0 Å². The van der Waals surface area contributed by atoms with Crippen molar-refractivity contribution in [3.8, 4) is 0 Å². The van der Waals surface area contributed by atoms with Gasteiger partial charge in [0.25, 0.3) is 0 Å². The van der Waals surface area contributed by atoms with Crippen LogP contribution in [0.1, 0.15) is 285 Å². The zero-order chi connectivity index (χ0) is 63.6. The second-order valence-electron chi connectivity index (χ2n) is 24.4. The zero-order valence-corrected chi connectivity index (χ0v) is 56.9. The molecule has 0 aliphatic carbocycles. The monoisotopic (exact) mass is 1280 g/mol. The maximum atomic E-state index is 14.1. The van der Waals surface area contributed by atoms with E-state index in [2.05, 4.69) is 50.5 Å². The van der Waals surface area contributed by atoms with Crippen LogP contribution in [-0.4, -0.2) is 141 Å². The number of ether oxygens (including phenoxy) is 7. The summed E-state index contributed by atoms with van der Waals surface area (Å²) in [5.74, 6) is -1.22. The maximum absolute atomic E-state index is 14.1. The molecule has 0 radical (unpaired) electrons. The summed E-state index contributed by atoms with van der Waals surface area (Å²) in [5, 5.41) is 18.1. The van der Waals surface area contributed by atoms with Crippen molar-refractivity contribution in [1.82, 2.24) is 10.6 Å². The van der Waals surface area contributed by atoms with E-state index in [-0.39, 0.29) is 50.5 Å². The first-order valence-corrected chi connectivity index (χ1v) is 36.9. The van der Waals surface area contributed by atoms with Crippen LogP contribution in [0.3, 0.4) is 0 Å². The summed E-state index contributed by atoms with van der Waals surface area (Å²) < 4.78 is 79.6. The first-order chi connectivity index (χ1) is 42.3. The van der Waals surface area contributed by atoms with Gasteiger partial charge in [-0.05, 0) is 57.8 Å². The third-order valence-electron chi connectivity index (χ3n) is 16.7. The highest BCUT2D eigenvalue weighted by Gasteiger charge is 2.53. The van der Waals surface area contributed by atoms with Crippen molar-refractivity contribution >= 4 is 34.1 Å². The number of allylic oxidation sites excluding steroid dienone is 2. The predicted molar refractivity (Wildman–Crippen MR) is 342 cm³/mol. The Bertz CT molecular complexity index is 1780. The zero-order valence-electron chi connectivity index (χ0n) is 55.1. The van der Waals surface area contributed by atoms with Crippen LogP contribution in [0.5, 0.6) is 0 Å². The van der Waals surface area contributed by atoms with Crippen molar-refractivity contribution in [2.45, 2.75) is 352 Å². The Balaban J connectivity index is 2.39. The second-order valence-corrected chi connectivity index (χ2v) is 26.0. The summed E-state index contributed by atoms with van der Waals surface area (Å²) >= 11 is 0. The number of carbonyl (C=O) groups excluding carboxylic acids is 3. The summed E-state index contributed by atoms with van der Waals surface area (Å²) in [6.45, 7) is 8.36. The van der Waals surface area contributed by atoms with Gasteiger partial charge < -0.3 is 58.7 Å². The third kappa shape index (κ3) is 39.4. The van der Waals surface area contributed by atoms with Crippen LogP contribution >= 0.6 is 16.5 Å². The van der Waals surface area contributed by atoms with Gasteiger partial charge in [-0.25, -0.2) is 9.13 Å². The molecular formula is C66H124N2O17P2. The van der Waals surface area contributed by atoms with Gasteiger partial charge in [0.2, 0.25) is 11.8 Å². The van der Waals surface area contributed by atoms with Gasteiger partial charge in [0.05, 0.1) is 25.7 Å². The lowest BCUT2D eigenvalue weighted by molar-refractivity contribution is -0.299. The molecule has 510 valence electrons. The first kappa shape index (κ1) is 81.3. The molecule has 11 atom stereocenters. The Morgan fingerprint density at radius 3 is 1.54 bits per heavy atom. The molecule has 0 saturated carbocycles. The van der Waals surface area contributed by atoms with Gasteiger partial charge in [-0.2, -0.15) is 0 Å². The molecule has 2 aliphatic heterocycles. The van der Waals surface area contributed by atoms with E-state index in [0.717, 1.165) is 141 Å². The average molecular weight is 1280 g/mol. The van der Waals surface area contributed by atoms with Crippen molar-refractivity contribution in [3.05, 3.63) is 12.2 Å². The van der Waals surface area contributed by atoms with E-state index >= 15 is 0 Å². The summed E-state index contributed by atoms with van der Waals surface area (Å²) in [6, 6.07) is -2.43. The molecule has 2 saturated heterocycles. The van der Waals surface area contributed by atoms with Gasteiger partial charge in [-0.3, -0.25) is 23.4 Å². The molecule has 0 aromatic rings. The molecule has 87 heavy (non-hydrogen) atoms. The molecule has 2 fully saturated rings. The first-order valence-electron chi connectivity index (χ1n) is 34.6. The van der Waals surface area contributed by atoms with Crippen LogP contribution in [-0.2, 0) is 65.7 Å². The minimum absolute atomic E-state index is 0.0565. The van der Waals surface area contributed by atoms with Gasteiger partial charge in [0, 0.05) is 40.3 Å². The number of amides is 2. The van der Waals surface area contributed by atoms with E-state index in [1.807, 2.05) is 0 Å². The molecule has 2 aliphatic rings. The highest BCUT2D eigenvalue weighted by Crippen LogP contribution is 2.43. The number of unbranched alkanes of at least 4 members (excludes halogenated alkanes) is 30. The molecule has 2 heterocycles. The van der Waals surface area contributed by atoms with E-state index in [0.29, 0.717) is 25.7 Å². The Morgan fingerprint density at radius 1 is 0.529 bits per heavy atom. The average Bonchev–Trinajstić information content (AvgIpc) is 1.58. The molecule has 0 unspecified atom stereocenters. The Morgan fingerprint density at radius 2 is 1.00 bits per heavy atom. The molecule has 0 spiro atoms. The van der Waals surface area contributed by atoms with Crippen LogP contribution in [0, 0.1) is 0 Å². The number of aliphatic hydroxyl groups excluding tert-OH is 1. The number of phosphoric acid groups is 1. The molecule has 0 aromatic heterocycles. The summed E-state index contributed by atoms with van der Waals surface area (Å²) in [6.07, 6.45) is 32.6. The number of rotatable bonds is 59. The Kier molecular flexibility index (Phi) is 50.2. The van der Waals surface area contributed by atoms with E-state index in [1.54, 1.807) is 7.11 Å². The van der Waals surface area contributed by atoms with Crippen LogP contribution in [0.4, 0.5) is 0 Å². The number of ketones is 1. The fourth-order valence-electron chi connectivity index (χ4n) is 11.6. The van der Waals surface area contributed by atoms with Gasteiger partial charge in [0.1, 0.15) is 54.5 Å². The number of hydrogen-bond acceptors (Lipinski definition) is 15. The fourth-order valence-corrected chi connectivity index (χ4v) is 12.4. The topological polar surface area (TPSA) is 253 Å². The molecule has 2 amide bonds. The van der Waals surface area contributed by atoms with Crippen molar-refractivity contribution in [2.75, 3.05) is 40.6 Å². The molecule has 5 N–H and O–H groups in total. The molecule has 2 rings (SSSR count). The van der Waals surface area contributed by atoms with Crippen LogP contribution in [0.15, 0.2) is 12.2 Å². The normalized spacial score (nSPS) is 23.0. The van der Waals surface area contributed by atoms with Crippen molar-refractivity contribution in [3.63, 3.8) is 0 Å². The Labute approximate surface area is 528 Å². The van der Waals surface area contributed by atoms with Gasteiger partial charge in [-0.15, -0.1) is 0 Å². The van der Waals surface area contributed by atoms with Crippen LogP contribution in [0.2, 0.25) is 0 Å². The number of hydrogen-bond donors (Lipinski definition) is 5. The molecule has 0 bridgehead atoms. The van der Waals surface area contributed by atoms with E-state index in [4.69, 9.17) is 42.2 Å². The molecule has 21 heteroatoms. The summed E-state index contributed by atoms with van der Waals surface area (Å²) in [7, 11) is -2.98. The number of nitrogens with one attached hydrogen (secondary N) is 2. The lowest BCUT2D eigenvalue weighted by Crippen LogP contribution is -2.67. The lowest BCUT2D eigenvalue weighted by atomic mass is 9.95. The summed E-state index contributed by atoms with van der Waals surface area (Å²) in [4.78, 5) is 61.5. The molecular weight excluding hydrogens is 1150 g/mol. The highest BCUT2D eigenvalue weighted by molar-refractivity contribution is 7.46. The van der Waals surface area contributed by atoms with Crippen LogP contribution < -0.4 is 10.6 Å². The largest absolute Gasteiger partial charge is 0.470 e. The SMILES string of the molecule is CCCCCCC=CCCCCCCCCCC(=O)N[C@H]1[C@H](OC[C@H]2O[C@H](OP=O)[C@H](NC(=O)CC(=O)CCCCCCCCCCC)[C@@H](OCCCCCCCCCC)[C@@H]2O)O[C@H](COC)[C@@H](OP(=O)(O)O)[C@@H]1OCC[C@@H](CCCCCCC)OC. The number of aliphatic hydroxyl groups is 1. The van der Waals surface area contributed by atoms with Crippen molar-refractivity contribution in [1.29, 1.82) is 0 Å². The molecule has 19 nitrogen and oxygen atoms in total. The standard InChI is InChI=1S/C66H124N2O17P2/c1-7-11-15-19-22-25-26-27-28-29-30-32-34-38-42-46-57(70)67-60-64(80-49-47-54(78-6)45-41-36-18-14-10-4)62(85-87(74,75)76)56(51-77-5)83-65(60)81-52-55-61(72)63(79-48-43-39-35-24-21-17-13-9-3)59(66(82-55)84-86-73)68-58(71)50-53(69)44-40-37-33-31-23-20-16-12-8-2/h25-26,54-56,59-66,72H,7-24,27-52H2,1-6H3,(H,67,70)(H,68,71)(H2,74,75,76)/t54-,55-,56-,59-,60-,61-,62-,63-,64-,65-,66-/m1/s1. The number of Topliss-reactive ketones (excluding diaryl/α,β-unsaturated/α-hetero) is 1. The molecule has 0 aromatic carbocycles. The van der Waals surface area contributed by atoms with E-state index in [9.17, 15) is 38.4 Å². The van der Waals surface area contributed by atoms with E-state index < -0.39 is 96.7 Å². The number of methoxy groups -OCH3 is 2. The minimum atomic E-state index is -5.22. The third-order valence-corrected chi connectivity index (χ3v) is 17.6. The highest BCUT2D eigenvalue weighted by atomic mass is 31.2. The van der Waals surface area contributed by atoms with Gasteiger partial charge >= 0.3 is 16.5 Å². The van der Waals surface area contributed by atoms with Gasteiger partial charge in [0.15, 0.2) is 12.6 Å². The smallest absolute Gasteiger partial charge is 0.388 e. The van der Waals surface area contributed by atoms with Crippen molar-refractivity contribution in [2.24, 2.45) is 0 Å². The number of carbonyl (C=O) groups is 3. The predicted octanol–water partition coefficient (Wildman–Crippen LogP) is 14.7. The lowest BCUT2D eigenvalue weighted by Gasteiger charge is -2.47. The quantitative estimate of drug-likeness (QED) is 0.0164. The number of phosphoric ester groups is 1. The van der Waals surface area contributed by atoms with Gasteiger partial charge in [-0.1, -0.05) is 220 Å². The van der Waals surface area contributed by atoms with Crippen molar-refractivity contribution < 1.29 is 80.6 Å².